The highest BCUT2D eigenvalue weighted by Gasteiger charge is 2.61. The summed E-state index contributed by atoms with van der Waals surface area (Å²) in [6, 6.07) is 0. The zero-order valence-electron chi connectivity index (χ0n) is 20.5. The third kappa shape index (κ3) is 3.57. The van der Waals surface area contributed by atoms with Crippen LogP contribution in [0.15, 0.2) is 24.0 Å². The number of aryl methyl sites for hydroxylation is 2. The maximum atomic E-state index is 11.7. The first-order valence-electron chi connectivity index (χ1n) is 13.0. The molecular weight excluding hydrogens is 396 g/mol. The first kappa shape index (κ1) is 22.5. The lowest BCUT2D eigenvalue weighted by molar-refractivity contribution is -0.104. The molecule has 4 aliphatic rings. The maximum absolute atomic E-state index is 11.7. The van der Waals surface area contributed by atoms with Gasteiger partial charge in [-0.05, 0) is 113 Å². The quantitative estimate of drug-likeness (QED) is 0.617. The van der Waals surface area contributed by atoms with Gasteiger partial charge in [-0.1, -0.05) is 25.5 Å². The van der Waals surface area contributed by atoms with Crippen molar-refractivity contribution in [1.82, 2.24) is 9.97 Å². The Morgan fingerprint density at radius 3 is 2.62 bits per heavy atom. The van der Waals surface area contributed by atoms with Gasteiger partial charge in [-0.3, -0.25) is 9.97 Å². The Balaban J connectivity index is 1.34. The van der Waals surface area contributed by atoms with E-state index in [2.05, 4.69) is 36.8 Å². The number of aliphatic hydroxyl groups is 2. The van der Waals surface area contributed by atoms with E-state index in [1.807, 2.05) is 19.3 Å². The smallest absolute Gasteiger partial charge is 0.0656 e. The van der Waals surface area contributed by atoms with E-state index in [1.165, 1.54) is 25.7 Å². The highest BCUT2D eigenvalue weighted by Crippen LogP contribution is 2.67. The molecule has 3 fully saturated rings. The largest absolute Gasteiger partial charge is 0.393 e. The van der Waals surface area contributed by atoms with Gasteiger partial charge in [-0.15, -0.1) is 0 Å². The van der Waals surface area contributed by atoms with Crippen molar-refractivity contribution in [2.45, 2.75) is 104 Å². The highest BCUT2D eigenvalue weighted by molar-refractivity contribution is 5.25. The summed E-state index contributed by atoms with van der Waals surface area (Å²) in [5, 5.41) is 22.0. The Morgan fingerprint density at radius 2 is 1.88 bits per heavy atom. The maximum Gasteiger partial charge on any atom is 0.0656 e. The molecule has 1 aromatic rings. The van der Waals surface area contributed by atoms with E-state index < -0.39 is 5.60 Å². The number of rotatable bonds is 4. The summed E-state index contributed by atoms with van der Waals surface area (Å²) in [5.41, 5.74) is 3.30. The molecule has 1 aromatic heterocycles. The lowest BCUT2D eigenvalue weighted by Gasteiger charge is -2.59. The normalized spacial score (nSPS) is 42.9. The summed E-state index contributed by atoms with van der Waals surface area (Å²) in [6.45, 7) is 9.04. The fraction of sp³-hybridized carbons (Fsp3) is 0.786. The predicted molar refractivity (Wildman–Crippen MR) is 127 cm³/mol. The van der Waals surface area contributed by atoms with E-state index in [0.29, 0.717) is 11.8 Å². The van der Waals surface area contributed by atoms with Crippen molar-refractivity contribution in [3.63, 3.8) is 0 Å². The average molecular weight is 439 g/mol. The van der Waals surface area contributed by atoms with Gasteiger partial charge in [0, 0.05) is 12.4 Å². The highest BCUT2D eigenvalue weighted by atomic mass is 16.3. The van der Waals surface area contributed by atoms with Crippen LogP contribution in [0, 0.1) is 41.4 Å². The van der Waals surface area contributed by atoms with Gasteiger partial charge >= 0.3 is 0 Å². The zero-order chi connectivity index (χ0) is 22.7. The Bertz CT molecular complexity index is 878. The van der Waals surface area contributed by atoms with Crippen LogP contribution in [0.1, 0.15) is 89.9 Å². The van der Waals surface area contributed by atoms with Gasteiger partial charge in [0.15, 0.2) is 0 Å². The van der Waals surface area contributed by atoms with E-state index >= 15 is 0 Å². The van der Waals surface area contributed by atoms with Crippen molar-refractivity contribution < 1.29 is 10.2 Å². The summed E-state index contributed by atoms with van der Waals surface area (Å²) in [6.07, 6.45) is 16.7. The summed E-state index contributed by atoms with van der Waals surface area (Å²) >= 11 is 0. The van der Waals surface area contributed by atoms with Crippen LogP contribution in [-0.2, 0) is 6.42 Å². The van der Waals surface area contributed by atoms with Crippen molar-refractivity contribution in [1.29, 1.82) is 0 Å². The van der Waals surface area contributed by atoms with E-state index in [9.17, 15) is 10.2 Å². The third-order valence-corrected chi connectivity index (χ3v) is 10.6. The van der Waals surface area contributed by atoms with E-state index in [4.69, 9.17) is 0 Å². The summed E-state index contributed by atoms with van der Waals surface area (Å²) in [5.74, 6) is 2.55. The van der Waals surface area contributed by atoms with Crippen LogP contribution >= 0.6 is 0 Å². The van der Waals surface area contributed by atoms with Crippen LogP contribution in [0.25, 0.3) is 0 Å². The van der Waals surface area contributed by atoms with Crippen LogP contribution in [0.2, 0.25) is 0 Å². The molecule has 2 N–H and O–H groups in total. The Hall–Kier alpha value is -1.26. The Kier molecular flexibility index (Phi) is 5.57. The summed E-state index contributed by atoms with van der Waals surface area (Å²) in [4.78, 5) is 8.89. The molecule has 1 heterocycles. The van der Waals surface area contributed by atoms with Crippen molar-refractivity contribution >= 4 is 0 Å². The first-order chi connectivity index (χ1) is 15.1. The van der Waals surface area contributed by atoms with Crippen molar-refractivity contribution in [3.05, 3.63) is 35.4 Å². The lowest BCUT2D eigenvalue weighted by atomic mass is 9.46. The molecule has 0 saturated heterocycles. The van der Waals surface area contributed by atoms with Gasteiger partial charge in [0.1, 0.15) is 0 Å². The van der Waals surface area contributed by atoms with Crippen molar-refractivity contribution in [2.75, 3.05) is 0 Å². The number of fused-ring (bicyclic) bond motifs is 5. The van der Waals surface area contributed by atoms with Gasteiger partial charge in [0.25, 0.3) is 0 Å². The molecule has 176 valence electrons. The van der Waals surface area contributed by atoms with Crippen molar-refractivity contribution in [3.8, 4) is 0 Å². The molecule has 0 aliphatic heterocycles. The van der Waals surface area contributed by atoms with E-state index in [0.717, 1.165) is 61.7 Å². The van der Waals surface area contributed by atoms with Gasteiger partial charge in [0.05, 0.1) is 23.1 Å². The number of aliphatic hydroxyl groups excluding tert-OH is 1. The van der Waals surface area contributed by atoms with Gasteiger partial charge in [-0.25, -0.2) is 0 Å². The SMILES string of the molecule is Cc1cnc(CC[C@@](C)(O)[C@H]2CC[C@H]3[C@@H]4CC=C5C[C@@H](O)CC[C@]5(C)[C@H]4CC[C@@]32C)cn1. The van der Waals surface area contributed by atoms with Gasteiger partial charge in [0.2, 0.25) is 0 Å². The van der Waals surface area contributed by atoms with E-state index in [-0.39, 0.29) is 16.9 Å². The molecule has 32 heavy (non-hydrogen) atoms. The lowest BCUT2D eigenvalue weighted by Crippen LogP contribution is -2.53. The number of aromatic nitrogens is 2. The fourth-order valence-electron chi connectivity index (χ4n) is 8.77. The molecule has 0 spiro atoms. The van der Waals surface area contributed by atoms with Crippen LogP contribution in [0.4, 0.5) is 0 Å². The average Bonchev–Trinajstić information content (AvgIpc) is 3.12. The predicted octanol–water partition coefficient (Wildman–Crippen LogP) is 5.41. The van der Waals surface area contributed by atoms with Crippen LogP contribution < -0.4 is 0 Å². The molecule has 3 saturated carbocycles. The first-order valence-corrected chi connectivity index (χ1v) is 13.0. The topological polar surface area (TPSA) is 66.2 Å². The minimum atomic E-state index is -0.669. The molecule has 0 bridgehead atoms. The third-order valence-electron chi connectivity index (χ3n) is 10.6. The van der Waals surface area contributed by atoms with Gasteiger partial charge in [-0.2, -0.15) is 0 Å². The minimum Gasteiger partial charge on any atom is -0.393 e. The molecule has 4 nitrogen and oxygen atoms in total. The molecule has 8 atom stereocenters. The molecule has 0 radical (unpaired) electrons. The van der Waals surface area contributed by atoms with Gasteiger partial charge < -0.3 is 10.2 Å². The second kappa shape index (κ2) is 7.91. The molecular formula is C28H42N2O2. The number of allylic oxidation sites excluding steroid dienone is 1. The second-order valence-corrected chi connectivity index (χ2v) is 12.3. The Labute approximate surface area is 194 Å². The second-order valence-electron chi connectivity index (χ2n) is 12.3. The molecule has 4 aliphatic carbocycles. The van der Waals surface area contributed by atoms with Crippen molar-refractivity contribution in [2.24, 2.45) is 34.5 Å². The summed E-state index contributed by atoms with van der Waals surface area (Å²) < 4.78 is 0. The fourth-order valence-corrected chi connectivity index (χ4v) is 8.77. The molecule has 5 rings (SSSR count). The number of nitrogens with zero attached hydrogens (tertiary/aromatic N) is 2. The molecule has 4 heteroatoms. The standard InChI is InChI=1S/C28H42N2O2/c1-18-16-30-20(17-29-18)9-14-28(4,32)25-8-7-23-22-6-5-19-15-21(31)10-12-26(19,2)24(22)11-13-27(23,25)3/h5,16-17,21-25,31-32H,6-15H2,1-4H3/t21-,22-,23-,24-,25-,26-,27-,28+/m0/s1. The minimum absolute atomic E-state index is 0.135. The molecule has 0 unspecified atom stereocenters. The van der Waals surface area contributed by atoms with Crippen LogP contribution in [0.5, 0.6) is 0 Å². The molecule has 0 aromatic carbocycles. The van der Waals surface area contributed by atoms with E-state index in [1.54, 1.807) is 5.57 Å². The number of hydrogen-bond donors (Lipinski definition) is 2. The Morgan fingerprint density at radius 1 is 1.06 bits per heavy atom. The summed E-state index contributed by atoms with van der Waals surface area (Å²) in [7, 11) is 0. The van der Waals surface area contributed by atoms with Crippen LogP contribution in [-0.4, -0.2) is 31.9 Å². The zero-order valence-corrected chi connectivity index (χ0v) is 20.5. The molecule has 0 amide bonds. The monoisotopic (exact) mass is 438 g/mol. The van der Waals surface area contributed by atoms with Crippen LogP contribution in [0.3, 0.4) is 0 Å². The number of hydrogen-bond acceptors (Lipinski definition) is 4.